The molecule has 1 aromatic rings. The Morgan fingerprint density at radius 2 is 1.79 bits per heavy atom. The lowest BCUT2D eigenvalue weighted by Gasteiger charge is -2.36. The molecule has 2 rings (SSSR count). The molecule has 0 saturated carbocycles. The minimum absolute atomic E-state index is 0.252. The zero-order chi connectivity index (χ0) is 14.3. The first-order chi connectivity index (χ1) is 8.72. The van der Waals surface area contributed by atoms with Crippen LogP contribution in [-0.2, 0) is 10.0 Å². The zero-order valence-corrected chi connectivity index (χ0v) is 14.0. The molecule has 1 aliphatic rings. The molecule has 0 aliphatic carbocycles. The van der Waals surface area contributed by atoms with E-state index in [9.17, 15) is 8.42 Å². The van der Waals surface area contributed by atoms with Gasteiger partial charge in [-0.05, 0) is 48.9 Å². The molecule has 106 valence electrons. The number of nitrogens with zero attached hydrogens (tertiary/aromatic N) is 1. The lowest BCUT2D eigenvalue weighted by atomic mass is 9.83. The van der Waals surface area contributed by atoms with Crippen molar-refractivity contribution < 1.29 is 8.42 Å². The van der Waals surface area contributed by atoms with E-state index >= 15 is 0 Å². The van der Waals surface area contributed by atoms with Crippen LogP contribution in [0.4, 0.5) is 0 Å². The van der Waals surface area contributed by atoms with E-state index in [2.05, 4.69) is 29.8 Å². The summed E-state index contributed by atoms with van der Waals surface area (Å²) in [6.07, 6.45) is 1.84. The fourth-order valence-corrected chi connectivity index (χ4v) is 4.03. The second kappa shape index (κ2) is 5.19. The molecule has 0 radical (unpaired) electrons. The van der Waals surface area contributed by atoms with Crippen molar-refractivity contribution in [3.63, 3.8) is 0 Å². The van der Waals surface area contributed by atoms with Gasteiger partial charge in [0.1, 0.15) is 0 Å². The summed E-state index contributed by atoms with van der Waals surface area (Å²) < 4.78 is 27.7. The molecule has 1 fully saturated rings. The summed E-state index contributed by atoms with van der Waals surface area (Å²) in [6.45, 7) is 7.53. The molecule has 1 aromatic carbocycles. The van der Waals surface area contributed by atoms with Crippen molar-refractivity contribution in [2.75, 3.05) is 13.1 Å². The normalized spacial score (nSPS) is 20.4. The largest absolute Gasteiger partial charge is 0.243 e. The summed E-state index contributed by atoms with van der Waals surface area (Å²) in [5.74, 6) is 0. The molecule has 1 saturated heterocycles. The number of piperidine rings is 1. The number of hydrogen-bond acceptors (Lipinski definition) is 2. The number of halogens is 1. The van der Waals surface area contributed by atoms with Gasteiger partial charge < -0.3 is 0 Å². The topological polar surface area (TPSA) is 37.4 Å². The average molecular weight is 346 g/mol. The standard InChI is InChI=1S/C14H20BrNO2S/c1-11-10-12(4-5-13(11)15)19(17,18)16-8-6-14(2,3)7-9-16/h4-5,10H,6-9H2,1-3H3. The van der Waals surface area contributed by atoms with Crippen LogP contribution in [-0.4, -0.2) is 25.8 Å². The summed E-state index contributed by atoms with van der Waals surface area (Å²) in [7, 11) is -3.34. The minimum Gasteiger partial charge on any atom is -0.207 e. The number of benzene rings is 1. The van der Waals surface area contributed by atoms with Crippen LogP contribution in [0, 0.1) is 12.3 Å². The second-order valence-corrected chi connectivity index (χ2v) is 8.77. The maximum atomic E-state index is 12.6. The van der Waals surface area contributed by atoms with Crippen molar-refractivity contribution in [3.8, 4) is 0 Å². The Kier molecular flexibility index (Phi) is 4.10. The number of sulfonamides is 1. The summed E-state index contributed by atoms with van der Waals surface area (Å²) in [5, 5.41) is 0. The van der Waals surface area contributed by atoms with Gasteiger partial charge in [0.05, 0.1) is 4.90 Å². The predicted octanol–water partition coefficient (Wildman–Crippen LogP) is 3.57. The van der Waals surface area contributed by atoms with Crippen LogP contribution < -0.4 is 0 Å². The quantitative estimate of drug-likeness (QED) is 0.821. The lowest BCUT2D eigenvalue weighted by Crippen LogP contribution is -2.41. The highest BCUT2D eigenvalue weighted by atomic mass is 79.9. The molecular formula is C14H20BrNO2S. The highest BCUT2D eigenvalue weighted by molar-refractivity contribution is 9.10. The Labute approximate surface area is 124 Å². The van der Waals surface area contributed by atoms with Gasteiger partial charge in [-0.3, -0.25) is 0 Å². The molecule has 0 bridgehead atoms. The van der Waals surface area contributed by atoms with Gasteiger partial charge in [0.15, 0.2) is 0 Å². The molecule has 0 unspecified atom stereocenters. The fourth-order valence-electron chi connectivity index (χ4n) is 2.26. The predicted molar refractivity (Wildman–Crippen MR) is 80.7 cm³/mol. The first-order valence-corrected chi connectivity index (χ1v) is 8.72. The monoisotopic (exact) mass is 345 g/mol. The molecule has 0 amide bonds. The van der Waals surface area contributed by atoms with Crippen molar-refractivity contribution in [1.82, 2.24) is 4.31 Å². The Morgan fingerprint density at radius 3 is 2.32 bits per heavy atom. The third kappa shape index (κ3) is 3.20. The molecule has 0 N–H and O–H groups in total. The molecule has 3 nitrogen and oxygen atoms in total. The summed E-state index contributed by atoms with van der Waals surface area (Å²) in [4.78, 5) is 0.396. The van der Waals surface area contributed by atoms with Gasteiger partial charge >= 0.3 is 0 Å². The average Bonchev–Trinajstić information content (AvgIpc) is 2.32. The first-order valence-electron chi connectivity index (χ1n) is 6.49. The van der Waals surface area contributed by atoms with E-state index in [1.807, 2.05) is 6.92 Å². The van der Waals surface area contributed by atoms with Crippen LogP contribution in [0.15, 0.2) is 27.6 Å². The Hall–Kier alpha value is -0.390. The van der Waals surface area contributed by atoms with E-state index in [-0.39, 0.29) is 5.41 Å². The van der Waals surface area contributed by atoms with Gasteiger partial charge in [0, 0.05) is 17.6 Å². The van der Waals surface area contributed by atoms with Crippen molar-refractivity contribution in [2.24, 2.45) is 5.41 Å². The van der Waals surface area contributed by atoms with Crippen LogP contribution >= 0.6 is 15.9 Å². The maximum absolute atomic E-state index is 12.6. The van der Waals surface area contributed by atoms with Crippen molar-refractivity contribution in [1.29, 1.82) is 0 Å². The van der Waals surface area contributed by atoms with Crippen LogP contribution in [0.5, 0.6) is 0 Å². The van der Waals surface area contributed by atoms with Gasteiger partial charge in [-0.25, -0.2) is 8.42 Å². The Balaban J connectivity index is 2.25. The SMILES string of the molecule is Cc1cc(S(=O)(=O)N2CCC(C)(C)CC2)ccc1Br. The number of aryl methyl sites for hydroxylation is 1. The molecule has 0 spiro atoms. The van der Waals surface area contributed by atoms with Gasteiger partial charge in [-0.2, -0.15) is 4.31 Å². The summed E-state index contributed by atoms with van der Waals surface area (Å²) in [6, 6.07) is 5.21. The lowest BCUT2D eigenvalue weighted by molar-refractivity contribution is 0.196. The van der Waals surface area contributed by atoms with Crippen molar-refractivity contribution in [3.05, 3.63) is 28.2 Å². The molecule has 1 aliphatic heterocycles. The molecule has 0 atom stereocenters. The second-order valence-electron chi connectivity index (χ2n) is 5.98. The van der Waals surface area contributed by atoms with Crippen LogP contribution in [0.2, 0.25) is 0 Å². The van der Waals surface area contributed by atoms with E-state index in [0.717, 1.165) is 22.9 Å². The zero-order valence-electron chi connectivity index (χ0n) is 11.6. The minimum atomic E-state index is -3.34. The highest BCUT2D eigenvalue weighted by Crippen LogP contribution is 2.32. The molecule has 5 heteroatoms. The van der Waals surface area contributed by atoms with Crippen molar-refractivity contribution in [2.45, 2.75) is 38.5 Å². The molecule has 19 heavy (non-hydrogen) atoms. The van der Waals surface area contributed by atoms with Gasteiger partial charge in [0.25, 0.3) is 0 Å². The van der Waals surface area contributed by atoms with E-state index < -0.39 is 10.0 Å². The molecule has 1 heterocycles. The first kappa shape index (κ1) is 15.0. The summed E-state index contributed by atoms with van der Waals surface area (Å²) in [5.41, 5.74) is 1.19. The van der Waals surface area contributed by atoms with E-state index in [0.29, 0.717) is 18.0 Å². The Morgan fingerprint density at radius 1 is 1.21 bits per heavy atom. The fraction of sp³-hybridized carbons (Fsp3) is 0.571. The number of rotatable bonds is 2. The van der Waals surface area contributed by atoms with E-state index in [1.165, 1.54) is 0 Å². The van der Waals surface area contributed by atoms with Gasteiger partial charge in [-0.15, -0.1) is 0 Å². The van der Waals surface area contributed by atoms with Crippen molar-refractivity contribution >= 4 is 26.0 Å². The maximum Gasteiger partial charge on any atom is 0.243 e. The Bertz CT molecular complexity index is 571. The van der Waals surface area contributed by atoms with Crippen LogP contribution in [0.1, 0.15) is 32.3 Å². The third-order valence-corrected chi connectivity index (χ3v) is 6.63. The number of hydrogen-bond donors (Lipinski definition) is 0. The molecular weight excluding hydrogens is 326 g/mol. The van der Waals surface area contributed by atoms with E-state index in [4.69, 9.17) is 0 Å². The van der Waals surface area contributed by atoms with Gasteiger partial charge in [0.2, 0.25) is 10.0 Å². The van der Waals surface area contributed by atoms with E-state index in [1.54, 1.807) is 22.5 Å². The third-order valence-electron chi connectivity index (χ3n) is 3.84. The van der Waals surface area contributed by atoms with Gasteiger partial charge in [-0.1, -0.05) is 29.8 Å². The summed E-state index contributed by atoms with van der Waals surface area (Å²) >= 11 is 3.40. The highest BCUT2D eigenvalue weighted by Gasteiger charge is 2.32. The van der Waals surface area contributed by atoms with Crippen LogP contribution in [0.25, 0.3) is 0 Å². The smallest absolute Gasteiger partial charge is 0.207 e. The molecule has 0 aromatic heterocycles. The van der Waals surface area contributed by atoms with Crippen LogP contribution in [0.3, 0.4) is 0 Å².